The quantitative estimate of drug-likeness (QED) is 0.590. The van der Waals surface area contributed by atoms with Crippen LogP contribution in [-0.4, -0.2) is 46.8 Å². The smallest absolute Gasteiger partial charge is 0.410 e. The second kappa shape index (κ2) is 9.98. The second-order valence-corrected chi connectivity index (χ2v) is 9.96. The maximum absolute atomic E-state index is 13.0. The van der Waals surface area contributed by atoms with Crippen molar-refractivity contribution < 1.29 is 19.1 Å². The van der Waals surface area contributed by atoms with Gasteiger partial charge < -0.3 is 18.9 Å². The monoisotopic (exact) mass is 456 g/mol. The van der Waals surface area contributed by atoms with Gasteiger partial charge in [0.05, 0.1) is 17.5 Å². The van der Waals surface area contributed by atoms with Gasteiger partial charge in [0.25, 0.3) is 5.56 Å². The van der Waals surface area contributed by atoms with Gasteiger partial charge in [-0.25, -0.2) is 4.79 Å². The summed E-state index contributed by atoms with van der Waals surface area (Å²) in [7, 11) is 0. The SMILES string of the molecule is CCOC(=O)C1(CCCn2c(=O)ccc3ccc(C)cc32)CCN(C(=O)OC(C)(C)C)CC1. The lowest BCUT2D eigenvalue weighted by Crippen LogP contribution is -2.48. The summed E-state index contributed by atoms with van der Waals surface area (Å²) in [5, 5.41) is 1.02. The first-order valence-electron chi connectivity index (χ1n) is 11.8. The number of ether oxygens (including phenoxy) is 2. The summed E-state index contributed by atoms with van der Waals surface area (Å²) in [6, 6.07) is 9.52. The molecule has 0 saturated carbocycles. The van der Waals surface area contributed by atoms with Crippen molar-refractivity contribution in [3.8, 4) is 0 Å². The normalized spacial score (nSPS) is 16.0. The molecule has 2 heterocycles. The fraction of sp³-hybridized carbons (Fsp3) is 0.577. The van der Waals surface area contributed by atoms with E-state index in [9.17, 15) is 14.4 Å². The number of nitrogens with zero attached hydrogens (tertiary/aromatic N) is 2. The van der Waals surface area contributed by atoms with Crippen molar-refractivity contribution in [3.63, 3.8) is 0 Å². The number of carbonyl (C=O) groups excluding carboxylic acids is 2. The molecule has 1 amide bonds. The van der Waals surface area contributed by atoms with E-state index in [0.717, 1.165) is 16.5 Å². The van der Waals surface area contributed by atoms with Crippen LogP contribution in [0.2, 0.25) is 0 Å². The number of fused-ring (bicyclic) bond motifs is 1. The molecule has 1 aromatic heterocycles. The van der Waals surface area contributed by atoms with E-state index in [1.165, 1.54) is 0 Å². The molecule has 0 bridgehead atoms. The Bertz CT molecular complexity index is 1060. The number of carbonyl (C=O) groups is 2. The molecular weight excluding hydrogens is 420 g/mol. The average molecular weight is 457 g/mol. The van der Waals surface area contributed by atoms with E-state index in [1.807, 2.05) is 52.0 Å². The zero-order valence-electron chi connectivity index (χ0n) is 20.5. The average Bonchev–Trinajstić information content (AvgIpc) is 2.74. The number of amides is 1. The number of hydrogen-bond acceptors (Lipinski definition) is 5. The maximum Gasteiger partial charge on any atom is 0.410 e. The number of hydrogen-bond donors (Lipinski definition) is 0. The van der Waals surface area contributed by atoms with Crippen LogP contribution in [0.1, 0.15) is 58.9 Å². The van der Waals surface area contributed by atoms with Crippen molar-refractivity contribution in [1.82, 2.24) is 9.47 Å². The van der Waals surface area contributed by atoms with Crippen LogP contribution in [0.4, 0.5) is 4.79 Å². The number of pyridine rings is 1. The van der Waals surface area contributed by atoms with E-state index in [-0.39, 0.29) is 17.6 Å². The first kappa shape index (κ1) is 24.8. The van der Waals surface area contributed by atoms with Gasteiger partial charge in [0.1, 0.15) is 5.60 Å². The van der Waals surface area contributed by atoms with Crippen molar-refractivity contribution in [1.29, 1.82) is 0 Å². The molecule has 0 spiro atoms. The highest BCUT2D eigenvalue weighted by molar-refractivity contribution is 5.80. The van der Waals surface area contributed by atoms with Crippen LogP contribution in [0.25, 0.3) is 10.9 Å². The third-order valence-corrected chi connectivity index (χ3v) is 6.27. The molecule has 33 heavy (non-hydrogen) atoms. The molecule has 1 aromatic carbocycles. The van der Waals surface area contributed by atoms with Crippen molar-refractivity contribution in [2.75, 3.05) is 19.7 Å². The predicted molar refractivity (Wildman–Crippen MR) is 128 cm³/mol. The topological polar surface area (TPSA) is 77.8 Å². The van der Waals surface area contributed by atoms with E-state index in [4.69, 9.17) is 9.47 Å². The van der Waals surface area contributed by atoms with E-state index >= 15 is 0 Å². The Balaban J connectivity index is 1.73. The van der Waals surface area contributed by atoms with E-state index in [2.05, 4.69) is 0 Å². The van der Waals surface area contributed by atoms with Gasteiger partial charge in [0, 0.05) is 25.7 Å². The Kier molecular flexibility index (Phi) is 7.50. The largest absolute Gasteiger partial charge is 0.466 e. The molecule has 180 valence electrons. The summed E-state index contributed by atoms with van der Waals surface area (Å²) in [5.41, 5.74) is 0.750. The molecule has 1 saturated heterocycles. The summed E-state index contributed by atoms with van der Waals surface area (Å²) in [6.07, 6.45) is 1.96. The highest BCUT2D eigenvalue weighted by atomic mass is 16.6. The number of benzene rings is 1. The number of aromatic nitrogens is 1. The van der Waals surface area contributed by atoms with Crippen molar-refractivity contribution >= 4 is 23.0 Å². The molecule has 2 aromatic rings. The molecule has 0 radical (unpaired) electrons. The third-order valence-electron chi connectivity index (χ3n) is 6.27. The Morgan fingerprint density at radius 3 is 2.39 bits per heavy atom. The fourth-order valence-corrected chi connectivity index (χ4v) is 4.49. The van der Waals surface area contributed by atoms with Gasteiger partial charge in [-0.3, -0.25) is 9.59 Å². The number of esters is 1. The zero-order chi connectivity index (χ0) is 24.2. The molecule has 7 nitrogen and oxygen atoms in total. The van der Waals surface area contributed by atoms with Gasteiger partial charge in [0.2, 0.25) is 0 Å². The lowest BCUT2D eigenvalue weighted by atomic mass is 9.74. The minimum atomic E-state index is -0.654. The Morgan fingerprint density at radius 2 is 1.76 bits per heavy atom. The van der Waals surface area contributed by atoms with Gasteiger partial charge in [-0.15, -0.1) is 0 Å². The molecule has 1 aliphatic rings. The Hall–Kier alpha value is -2.83. The first-order valence-corrected chi connectivity index (χ1v) is 11.8. The number of likely N-dealkylation sites (tertiary alicyclic amines) is 1. The standard InChI is InChI=1S/C26H36N2O5/c1-6-32-23(30)26(13-16-27(17-14-26)24(31)33-25(3,4)5)12-7-15-28-21-18-19(2)8-9-20(21)10-11-22(28)29/h8-11,18H,6-7,12-17H2,1-5H3. The lowest BCUT2D eigenvalue weighted by Gasteiger charge is -2.40. The van der Waals surface area contributed by atoms with Crippen LogP contribution in [-0.2, 0) is 20.8 Å². The van der Waals surface area contributed by atoms with Crippen molar-refractivity contribution in [2.45, 2.75) is 72.4 Å². The minimum Gasteiger partial charge on any atom is -0.466 e. The molecule has 0 N–H and O–H groups in total. The molecule has 1 fully saturated rings. The molecule has 3 rings (SSSR count). The third kappa shape index (κ3) is 5.95. The first-order chi connectivity index (χ1) is 15.5. The van der Waals surface area contributed by atoms with Crippen LogP contribution < -0.4 is 5.56 Å². The van der Waals surface area contributed by atoms with E-state index in [1.54, 1.807) is 22.5 Å². The molecule has 0 aliphatic carbocycles. The van der Waals surface area contributed by atoms with Crippen LogP contribution >= 0.6 is 0 Å². The Morgan fingerprint density at radius 1 is 1.09 bits per heavy atom. The fourth-order valence-electron chi connectivity index (χ4n) is 4.49. The van der Waals surface area contributed by atoms with Gasteiger partial charge in [-0.05, 0) is 83.4 Å². The lowest BCUT2D eigenvalue weighted by molar-refractivity contribution is -0.159. The number of rotatable bonds is 6. The van der Waals surface area contributed by atoms with Crippen LogP contribution in [0, 0.1) is 12.3 Å². The van der Waals surface area contributed by atoms with Crippen molar-refractivity contribution in [3.05, 3.63) is 46.2 Å². The maximum atomic E-state index is 13.0. The minimum absolute atomic E-state index is 0.0435. The molecular formula is C26H36N2O5. The predicted octanol–water partition coefficient (Wildman–Crippen LogP) is 4.67. The van der Waals surface area contributed by atoms with E-state index in [0.29, 0.717) is 51.9 Å². The van der Waals surface area contributed by atoms with Crippen LogP contribution in [0.15, 0.2) is 35.1 Å². The molecule has 1 aliphatic heterocycles. The van der Waals surface area contributed by atoms with E-state index < -0.39 is 11.0 Å². The zero-order valence-corrected chi connectivity index (χ0v) is 20.5. The van der Waals surface area contributed by atoms with Gasteiger partial charge >= 0.3 is 12.1 Å². The number of aryl methyl sites for hydroxylation is 2. The summed E-state index contributed by atoms with van der Waals surface area (Å²) in [5.74, 6) is -0.213. The number of piperidine rings is 1. The molecule has 0 unspecified atom stereocenters. The summed E-state index contributed by atoms with van der Waals surface area (Å²) >= 11 is 0. The Labute approximate surface area is 195 Å². The highest BCUT2D eigenvalue weighted by Crippen LogP contribution is 2.38. The van der Waals surface area contributed by atoms with Gasteiger partial charge in [-0.2, -0.15) is 0 Å². The second-order valence-electron chi connectivity index (χ2n) is 9.96. The summed E-state index contributed by atoms with van der Waals surface area (Å²) < 4.78 is 12.7. The highest BCUT2D eigenvalue weighted by Gasteiger charge is 2.43. The van der Waals surface area contributed by atoms with Crippen LogP contribution in [0.5, 0.6) is 0 Å². The van der Waals surface area contributed by atoms with Gasteiger partial charge in [-0.1, -0.05) is 12.1 Å². The molecule has 7 heteroatoms. The summed E-state index contributed by atoms with van der Waals surface area (Å²) in [6.45, 7) is 11.1. The van der Waals surface area contributed by atoms with Gasteiger partial charge in [0.15, 0.2) is 0 Å². The summed E-state index contributed by atoms with van der Waals surface area (Å²) in [4.78, 5) is 39.7. The van der Waals surface area contributed by atoms with Crippen LogP contribution in [0.3, 0.4) is 0 Å². The molecule has 0 atom stereocenters. The van der Waals surface area contributed by atoms with Crippen molar-refractivity contribution in [2.24, 2.45) is 5.41 Å².